The Morgan fingerprint density at radius 3 is 2.94 bits per heavy atom. The van der Waals surface area contributed by atoms with E-state index in [2.05, 4.69) is 15.5 Å². The SMILES string of the molecule is CC(NCc1cn[nH]c1)c1cc(F)ccc1F. The molecule has 2 N–H and O–H groups in total. The molecule has 1 aromatic heterocycles. The number of rotatable bonds is 4. The van der Waals surface area contributed by atoms with Crippen molar-refractivity contribution in [2.45, 2.75) is 19.5 Å². The molecule has 1 heterocycles. The minimum atomic E-state index is -0.432. The van der Waals surface area contributed by atoms with E-state index >= 15 is 0 Å². The van der Waals surface area contributed by atoms with Gasteiger partial charge in [-0.25, -0.2) is 8.78 Å². The van der Waals surface area contributed by atoms with E-state index in [1.54, 1.807) is 19.3 Å². The zero-order valence-corrected chi connectivity index (χ0v) is 9.37. The number of benzene rings is 1. The Labute approximate surface area is 97.9 Å². The number of hydrogen-bond donors (Lipinski definition) is 2. The second-order valence-electron chi connectivity index (χ2n) is 3.87. The van der Waals surface area contributed by atoms with Gasteiger partial charge in [0.2, 0.25) is 0 Å². The van der Waals surface area contributed by atoms with Crippen LogP contribution in [0.15, 0.2) is 30.6 Å². The summed E-state index contributed by atoms with van der Waals surface area (Å²) in [6.45, 7) is 2.34. The van der Waals surface area contributed by atoms with E-state index in [1.807, 2.05) is 0 Å². The van der Waals surface area contributed by atoms with Crippen LogP contribution in [0, 0.1) is 11.6 Å². The van der Waals surface area contributed by atoms with Crippen LogP contribution < -0.4 is 5.32 Å². The fourth-order valence-corrected chi connectivity index (χ4v) is 1.60. The van der Waals surface area contributed by atoms with Crippen LogP contribution in [-0.2, 0) is 6.54 Å². The molecule has 17 heavy (non-hydrogen) atoms. The van der Waals surface area contributed by atoms with E-state index in [0.717, 1.165) is 17.7 Å². The Balaban J connectivity index is 2.04. The average Bonchev–Trinajstić information content (AvgIpc) is 2.82. The van der Waals surface area contributed by atoms with Crippen molar-refractivity contribution in [2.75, 3.05) is 0 Å². The van der Waals surface area contributed by atoms with Crippen molar-refractivity contribution in [1.82, 2.24) is 15.5 Å². The number of halogens is 2. The minimum absolute atomic E-state index is 0.263. The van der Waals surface area contributed by atoms with Gasteiger partial charge < -0.3 is 5.32 Å². The van der Waals surface area contributed by atoms with Gasteiger partial charge in [0.1, 0.15) is 11.6 Å². The quantitative estimate of drug-likeness (QED) is 0.857. The molecule has 0 fully saturated rings. The highest BCUT2D eigenvalue weighted by atomic mass is 19.1. The van der Waals surface area contributed by atoms with E-state index in [-0.39, 0.29) is 6.04 Å². The van der Waals surface area contributed by atoms with E-state index in [9.17, 15) is 8.78 Å². The molecule has 3 nitrogen and oxygen atoms in total. The largest absolute Gasteiger partial charge is 0.306 e. The van der Waals surface area contributed by atoms with Gasteiger partial charge in [0.25, 0.3) is 0 Å². The number of H-pyrrole nitrogens is 1. The first-order valence-electron chi connectivity index (χ1n) is 5.33. The normalized spacial score (nSPS) is 12.6. The monoisotopic (exact) mass is 237 g/mol. The third-order valence-corrected chi connectivity index (χ3v) is 2.59. The highest BCUT2D eigenvalue weighted by molar-refractivity contribution is 5.22. The molecule has 0 radical (unpaired) electrons. The molecule has 0 bridgehead atoms. The van der Waals surface area contributed by atoms with Crippen molar-refractivity contribution in [2.24, 2.45) is 0 Å². The first-order valence-corrected chi connectivity index (χ1v) is 5.33. The van der Waals surface area contributed by atoms with Crippen molar-refractivity contribution in [1.29, 1.82) is 0 Å². The fourth-order valence-electron chi connectivity index (χ4n) is 1.60. The Morgan fingerprint density at radius 2 is 2.24 bits per heavy atom. The molecule has 1 atom stereocenters. The lowest BCUT2D eigenvalue weighted by Gasteiger charge is -2.14. The molecule has 90 valence electrons. The van der Waals surface area contributed by atoms with Crippen molar-refractivity contribution < 1.29 is 8.78 Å². The highest BCUT2D eigenvalue weighted by Crippen LogP contribution is 2.18. The lowest BCUT2D eigenvalue weighted by molar-refractivity contribution is 0.518. The highest BCUT2D eigenvalue weighted by Gasteiger charge is 2.11. The lowest BCUT2D eigenvalue weighted by Crippen LogP contribution is -2.19. The van der Waals surface area contributed by atoms with Crippen LogP contribution in [0.1, 0.15) is 24.1 Å². The predicted octanol–water partition coefficient (Wildman–Crippen LogP) is 2.54. The van der Waals surface area contributed by atoms with Gasteiger partial charge in [-0.2, -0.15) is 5.10 Å². The first-order chi connectivity index (χ1) is 8.16. The van der Waals surface area contributed by atoms with Gasteiger partial charge in [0.15, 0.2) is 0 Å². The predicted molar refractivity (Wildman–Crippen MR) is 60.2 cm³/mol. The summed E-state index contributed by atoms with van der Waals surface area (Å²) < 4.78 is 26.5. The first kappa shape index (κ1) is 11.7. The molecule has 0 aliphatic carbocycles. The second kappa shape index (κ2) is 5.05. The smallest absolute Gasteiger partial charge is 0.128 e. The number of aromatic nitrogens is 2. The maximum Gasteiger partial charge on any atom is 0.128 e. The van der Waals surface area contributed by atoms with Crippen LogP contribution in [0.2, 0.25) is 0 Å². The molecule has 0 saturated carbocycles. The Kier molecular flexibility index (Phi) is 3.49. The number of aromatic amines is 1. The van der Waals surface area contributed by atoms with Crippen LogP contribution >= 0.6 is 0 Å². The lowest BCUT2D eigenvalue weighted by atomic mass is 10.1. The van der Waals surface area contributed by atoms with Crippen molar-refractivity contribution in [3.63, 3.8) is 0 Å². The van der Waals surface area contributed by atoms with Crippen LogP contribution in [0.4, 0.5) is 8.78 Å². The van der Waals surface area contributed by atoms with Gasteiger partial charge in [0, 0.05) is 29.9 Å². The number of hydrogen-bond acceptors (Lipinski definition) is 2. The molecule has 0 amide bonds. The van der Waals surface area contributed by atoms with Crippen molar-refractivity contribution in [3.05, 3.63) is 53.4 Å². The summed E-state index contributed by atoms with van der Waals surface area (Å²) in [5.74, 6) is -0.836. The summed E-state index contributed by atoms with van der Waals surface area (Å²) in [5.41, 5.74) is 1.29. The zero-order chi connectivity index (χ0) is 12.3. The summed E-state index contributed by atoms with van der Waals surface area (Å²) in [7, 11) is 0. The molecule has 5 heteroatoms. The summed E-state index contributed by atoms with van der Waals surface area (Å²) in [5, 5.41) is 9.60. The van der Waals surface area contributed by atoms with Crippen molar-refractivity contribution >= 4 is 0 Å². The Hall–Kier alpha value is -1.75. The summed E-state index contributed by atoms with van der Waals surface area (Å²) in [6.07, 6.45) is 3.43. The van der Waals surface area contributed by atoms with E-state index < -0.39 is 11.6 Å². The molecule has 0 saturated heterocycles. The topological polar surface area (TPSA) is 40.7 Å². The van der Waals surface area contributed by atoms with Gasteiger partial charge >= 0.3 is 0 Å². The van der Waals surface area contributed by atoms with Crippen LogP contribution in [0.25, 0.3) is 0 Å². The van der Waals surface area contributed by atoms with Gasteiger partial charge in [-0.1, -0.05) is 0 Å². The minimum Gasteiger partial charge on any atom is -0.306 e. The third kappa shape index (κ3) is 2.88. The fraction of sp³-hybridized carbons (Fsp3) is 0.250. The summed E-state index contributed by atoms with van der Waals surface area (Å²) in [4.78, 5) is 0. The van der Waals surface area contributed by atoms with Gasteiger partial charge in [-0.3, -0.25) is 5.10 Å². The maximum absolute atomic E-state index is 13.5. The number of nitrogens with one attached hydrogen (secondary N) is 2. The molecule has 1 unspecified atom stereocenters. The summed E-state index contributed by atoms with van der Waals surface area (Å²) >= 11 is 0. The van der Waals surface area contributed by atoms with E-state index in [1.165, 1.54) is 6.07 Å². The van der Waals surface area contributed by atoms with Gasteiger partial charge in [-0.15, -0.1) is 0 Å². The molecule has 2 rings (SSSR count). The third-order valence-electron chi connectivity index (χ3n) is 2.59. The summed E-state index contributed by atoms with van der Waals surface area (Å²) in [6, 6.07) is 3.20. The molecule has 2 aromatic rings. The Morgan fingerprint density at radius 1 is 1.41 bits per heavy atom. The van der Waals surface area contributed by atoms with E-state index in [0.29, 0.717) is 12.1 Å². The number of nitrogens with zero attached hydrogens (tertiary/aromatic N) is 1. The second-order valence-corrected chi connectivity index (χ2v) is 3.87. The molecule has 1 aromatic carbocycles. The van der Waals surface area contributed by atoms with Crippen LogP contribution in [0.3, 0.4) is 0 Å². The zero-order valence-electron chi connectivity index (χ0n) is 9.37. The van der Waals surface area contributed by atoms with Gasteiger partial charge in [0.05, 0.1) is 6.20 Å². The molecule has 0 aliphatic heterocycles. The average molecular weight is 237 g/mol. The van der Waals surface area contributed by atoms with Crippen LogP contribution in [0.5, 0.6) is 0 Å². The Bertz CT molecular complexity index is 483. The molecular weight excluding hydrogens is 224 g/mol. The van der Waals surface area contributed by atoms with Crippen molar-refractivity contribution in [3.8, 4) is 0 Å². The van der Waals surface area contributed by atoms with Crippen LogP contribution in [-0.4, -0.2) is 10.2 Å². The maximum atomic E-state index is 13.5. The standard InChI is InChI=1S/C12H13F2N3/c1-8(15-5-9-6-16-17-7-9)11-4-10(13)2-3-12(11)14/h2-4,6-8,15H,5H2,1H3,(H,16,17). The molecular formula is C12H13F2N3. The van der Waals surface area contributed by atoms with Gasteiger partial charge in [-0.05, 0) is 25.1 Å². The molecule has 0 aliphatic rings. The molecule has 0 spiro atoms. The van der Waals surface area contributed by atoms with E-state index in [4.69, 9.17) is 0 Å².